The van der Waals surface area contributed by atoms with E-state index < -0.39 is 5.60 Å². The molecule has 0 unspecified atom stereocenters. The van der Waals surface area contributed by atoms with E-state index in [1.807, 2.05) is 39.8 Å². The van der Waals surface area contributed by atoms with Crippen molar-refractivity contribution in [3.05, 3.63) is 30.1 Å². The number of aromatic nitrogens is 2. The maximum atomic E-state index is 12.4. The zero-order valence-electron chi connectivity index (χ0n) is 15.6. The summed E-state index contributed by atoms with van der Waals surface area (Å²) in [6, 6.07) is 6.15. The molecule has 1 fully saturated rings. The minimum absolute atomic E-state index is 0.0534. The first-order chi connectivity index (χ1) is 11.8. The standard InChI is InChI=1S/C19H26N4O2/c1-13-7-6-8-15-16(13)17(21-12-20-15)22-9-10-23(14(2)11-22)18(24)25-19(3,4)5/h6-8,12,14H,9-11H2,1-5H3/t14-/m1/s1. The van der Waals surface area contributed by atoms with Crippen LogP contribution in [0.1, 0.15) is 33.3 Å². The highest BCUT2D eigenvalue weighted by molar-refractivity contribution is 5.92. The maximum Gasteiger partial charge on any atom is 0.410 e. The molecule has 134 valence electrons. The number of fused-ring (bicyclic) bond motifs is 1. The van der Waals surface area contributed by atoms with Gasteiger partial charge in [0, 0.05) is 31.1 Å². The van der Waals surface area contributed by atoms with Crippen LogP contribution in [0.5, 0.6) is 0 Å². The largest absolute Gasteiger partial charge is 0.444 e. The maximum absolute atomic E-state index is 12.4. The van der Waals surface area contributed by atoms with Crippen molar-refractivity contribution in [2.45, 2.75) is 46.3 Å². The van der Waals surface area contributed by atoms with Crippen molar-refractivity contribution in [3.63, 3.8) is 0 Å². The number of amides is 1. The average Bonchev–Trinajstić information content (AvgIpc) is 2.52. The predicted molar refractivity (Wildman–Crippen MR) is 98.9 cm³/mol. The molecule has 1 aromatic carbocycles. The first-order valence-electron chi connectivity index (χ1n) is 8.71. The van der Waals surface area contributed by atoms with E-state index in [2.05, 4.69) is 27.9 Å². The van der Waals surface area contributed by atoms with Gasteiger partial charge in [0.1, 0.15) is 17.7 Å². The van der Waals surface area contributed by atoms with Crippen LogP contribution in [0.4, 0.5) is 10.6 Å². The Morgan fingerprint density at radius 3 is 2.68 bits per heavy atom. The van der Waals surface area contributed by atoms with Crippen LogP contribution in [0.3, 0.4) is 0 Å². The highest BCUT2D eigenvalue weighted by Gasteiger charge is 2.31. The van der Waals surface area contributed by atoms with Crippen LogP contribution >= 0.6 is 0 Å². The minimum atomic E-state index is -0.478. The number of hydrogen-bond donors (Lipinski definition) is 0. The second-order valence-corrected chi connectivity index (χ2v) is 7.64. The lowest BCUT2D eigenvalue weighted by Gasteiger charge is -2.41. The molecule has 0 spiro atoms. The number of ether oxygens (including phenoxy) is 1. The number of carbonyl (C=O) groups excluding carboxylic acids is 1. The molecule has 1 saturated heterocycles. The van der Waals surface area contributed by atoms with Crippen molar-refractivity contribution in [1.29, 1.82) is 0 Å². The van der Waals surface area contributed by atoms with Gasteiger partial charge in [-0.25, -0.2) is 14.8 Å². The van der Waals surface area contributed by atoms with Crippen LogP contribution < -0.4 is 4.90 Å². The summed E-state index contributed by atoms with van der Waals surface area (Å²) in [6.07, 6.45) is 1.37. The number of benzene rings is 1. The van der Waals surface area contributed by atoms with Gasteiger partial charge in [0.2, 0.25) is 0 Å². The summed E-state index contributed by atoms with van der Waals surface area (Å²) < 4.78 is 5.52. The molecule has 0 N–H and O–H groups in total. The number of hydrogen-bond acceptors (Lipinski definition) is 5. The molecule has 2 heterocycles. The minimum Gasteiger partial charge on any atom is -0.444 e. The van der Waals surface area contributed by atoms with E-state index in [4.69, 9.17) is 4.74 Å². The molecule has 1 amide bonds. The zero-order chi connectivity index (χ0) is 18.2. The molecule has 2 aromatic rings. The topological polar surface area (TPSA) is 58.6 Å². The fraction of sp³-hybridized carbons (Fsp3) is 0.526. The summed E-state index contributed by atoms with van der Waals surface area (Å²) in [5.74, 6) is 0.943. The molecule has 1 aromatic heterocycles. The van der Waals surface area contributed by atoms with E-state index in [9.17, 15) is 4.79 Å². The number of carbonyl (C=O) groups is 1. The predicted octanol–water partition coefficient (Wildman–Crippen LogP) is 3.38. The van der Waals surface area contributed by atoms with Gasteiger partial charge in [0.15, 0.2) is 0 Å². The SMILES string of the molecule is Cc1cccc2ncnc(N3CCN(C(=O)OC(C)(C)C)[C@H](C)C3)c12. The highest BCUT2D eigenvalue weighted by atomic mass is 16.6. The smallest absolute Gasteiger partial charge is 0.410 e. The lowest BCUT2D eigenvalue weighted by atomic mass is 10.1. The number of piperazine rings is 1. The fourth-order valence-corrected chi connectivity index (χ4v) is 3.24. The van der Waals surface area contributed by atoms with E-state index in [0.717, 1.165) is 35.4 Å². The third-order valence-electron chi connectivity index (χ3n) is 4.41. The summed E-state index contributed by atoms with van der Waals surface area (Å²) >= 11 is 0. The molecule has 1 atom stereocenters. The van der Waals surface area contributed by atoms with Crippen molar-refractivity contribution in [1.82, 2.24) is 14.9 Å². The van der Waals surface area contributed by atoms with Gasteiger partial charge in [-0.05, 0) is 46.2 Å². The van der Waals surface area contributed by atoms with Crippen molar-refractivity contribution < 1.29 is 9.53 Å². The molecular weight excluding hydrogens is 316 g/mol. The van der Waals surface area contributed by atoms with Gasteiger partial charge < -0.3 is 14.5 Å². The Morgan fingerprint density at radius 1 is 1.24 bits per heavy atom. The third-order valence-corrected chi connectivity index (χ3v) is 4.41. The molecule has 0 saturated carbocycles. The summed E-state index contributed by atoms with van der Waals surface area (Å²) in [5, 5.41) is 1.09. The van der Waals surface area contributed by atoms with Crippen LogP contribution in [0.15, 0.2) is 24.5 Å². The van der Waals surface area contributed by atoms with E-state index in [-0.39, 0.29) is 12.1 Å². The van der Waals surface area contributed by atoms with Gasteiger partial charge >= 0.3 is 6.09 Å². The first-order valence-corrected chi connectivity index (χ1v) is 8.71. The average molecular weight is 342 g/mol. The highest BCUT2D eigenvalue weighted by Crippen LogP contribution is 2.28. The van der Waals surface area contributed by atoms with Crippen LogP contribution in [0.25, 0.3) is 10.9 Å². The quantitative estimate of drug-likeness (QED) is 0.795. The van der Waals surface area contributed by atoms with Gasteiger partial charge in [0.05, 0.1) is 5.52 Å². The normalized spacial score (nSPS) is 18.5. The third kappa shape index (κ3) is 3.67. The van der Waals surface area contributed by atoms with Crippen molar-refractivity contribution >= 4 is 22.8 Å². The van der Waals surface area contributed by atoms with Crippen LogP contribution in [0, 0.1) is 6.92 Å². The molecule has 3 rings (SSSR count). The second kappa shape index (κ2) is 6.50. The Balaban J connectivity index is 1.81. The van der Waals surface area contributed by atoms with E-state index in [1.165, 1.54) is 0 Å². The molecule has 25 heavy (non-hydrogen) atoms. The van der Waals surface area contributed by atoms with Crippen LogP contribution in [-0.4, -0.2) is 52.2 Å². The Hall–Kier alpha value is -2.37. The monoisotopic (exact) mass is 342 g/mol. The Kier molecular flexibility index (Phi) is 4.54. The number of anilines is 1. The number of rotatable bonds is 1. The Bertz CT molecular complexity index is 779. The lowest BCUT2D eigenvalue weighted by molar-refractivity contribution is 0.0159. The molecule has 0 bridgehead atoms. The molecule has 6 nitrogen and oxygen atoms in total. The zero-order valence-corrected chi connectivity index (χ0v) is 15.6. The van der Waals surface area contributed by atoms with Gasteiger partial charge in [-0.1, -0.05) is 12.1 Å². The number of aryl methyl sites for hydroxylation is 1. The van der Waals surface area contributed by atoms with Gasteiger partial charge in [-0.15, -0.1) is 0 Å². The number of nitrogens with zero attached hydrogens (tertiary/aromatic N) is 4. The second-order valence-electron chi connectivity index (χ2n) is 7.64. The van der Waals surface area contributed by atoms with Gasteiger partial charge in [-0.2, -0.15) is 0 Å². The Labute approximate surface area is 148 Å². The summed E-state index contributed by atoms with van der Waals surface area (Å²) in [4.78, 5) is 25.3. The fourth-order valence-electron chi connectivity index (χ4n) is 3.24. The molecule has 0 radical (unpaired) electrons. The van der Waals surface area contributed by atoms with Crippen molar-refractivity contribution in [3.8, 4) is 0 Å². The van der Waals surface area contributed by atoms with E-state index in [1.54, 1.807) is 11.2 Å². The van der Waals surface area contributed by atoms with E-state index in [0.29, 0.717) is 6.54 Å². The van der Waals surface area contributed by atoms with E-state index >= 15 is 0 Å². The molecule has 1 aliphatic rings. The van der Waals surface area contributed by atoms with Crippen LogP contribution in [0.2, 0.25) is 0 Å². The summed E-state index contributed by atoms with van der Waals surface area (Å²) in [7, 11) is 0. The summed E-state index contributed by atoms with van der Waals surface area (Å²) in [6.45, 7) is 11.9. The molecule has 1 aliphatic heterocycles. The molecule has 0 aliphatic carbocycles. The lowest BCUT2D eigenvalue weighted by Crippen LogP contribution is -2.55. The first kappa shape index (κ1) is 17.5. The molecule has 6 heteroatoms. The van der Waals surface area contributed by atoms with Gasteiger partial charge in [-0.3, -0.25) is 0 Å². The van der Waals surface area contributed by atoms with Crippen LogP contribution in [-0.2, 0) is 4.74 Å². The van der Waals surface area contributed by atoms with Crippen molar-refractivity contribution in [2.75, 3.05) is 24.5 Å². The summed E-state index contributed by atoms with van der Waals surface area (Å²) in [5.41, 5.74) is 1.64. The Morgan fingerprint density at radius 2 is 2.00 bits per heavy atom. The van der Waals surface area contributed by atoms with Crippen molar-refractivity contribution in [2.24, 2.45) is 0 Å². The van der Waals surface area contributed by atoms with Gasteiger partial charge in [0.25, 0.3) is 0 Å². The molecular formula is C19H26N4O2.